The summed E-state index contributed by atoms with van der Waals surface area (Å²) in [6, 6.07) is 17.8. The van der Waals surface area contributed by atoms with Gasteiger partial charge in [-0.15, -0.1) is 0 Å². The van der Waals surface area contributed by atoms with E-state index < -0.39 is 35.2 Å². The molecule has 1 heterocycles. The molecule has 36 heavy (non-hydrogen) atoms. The molecule has 0 aliphatic carbocycles. The fourth-order valence-electron chi connectivity index (χ4n) is 3.68. The van der Waals surface area contributed by atoms with Crippen molar-refractivity contribution in [2.24, 2.45) is 0 Å². The molecule has 1 atom stereocenters. The van der Waals surface area contributed by atoms with E-state index in [0.717, 1.165) is 16.5 Å². The van der Waals surface area contributed by atoms with Gasteiger partial charge in [-0.05, 0) is 35.9 Å². The van der Waals surface area contributed by atoms with Crippen molar-refractivity contribution < 1.29 is 24.0 Å². The molecule has 9 nitrogen and oxygen atoms in total. The summed E-state index contributed by atoms with van der Waals surface area (Å²) in [6.07, 6.45) is 1.85. The Morgan fingerprint density at radius 3 is 2.42 bits per heavy atom. The minimum Gasteiger partial charge on any atom is -0.456 e. The molecule has 0 saturated carbocycles. The maximum absolute atomic E-state index is 13.0. The lowest BCUT2D eigenvalue weighted by atomic mass is 10.0. The van der Waals surface area contributed by atoms with Gasteiger partial charge in [-0.25, -0.2) is 4.79 Å². The molecule has 0 fully saturated rings. The summed E-state index contributed by atoms with van der Waals surface area (Å²) in [5, 5.41) is 14.6. The third kappa shape index (κ3) is 5.59. The van der Waals surface area contributed by atoms with Crippen molar-refractivity contribution >= 4 is 45.9 Å². The van der Waals surface area contributed by atoms with Crippen molar-refractivity contribution in [3.8, 4) is 0 Å². The standard InChI is InChI=1S/C26H20ClN3O6/c27-21-7-3-1-6-20(21)25(32)29-23(13-17-14-28-22-8-4-2-5-19(17)22)26(33)36-15-24(31)16-9-11-18(12-10-16)30(34)35/h1-12,14,23,28H,13,15H2,(H,29,32)/t23-/m0/s1. The summed E-state index contributed by atoms with van der Waals surface area (Å²) >= 11 is 6.14. The molecule has 0 saturated heterocycles. The molecule has 4 rings (SSSR count). The number of benzene rings is 3. The fraction of sp³-hybridized carbons (Fsp3) is 0.115. The number of Topliss-reactive ketones (excluding diaryl/α,β-unsaturated/α-hetero) is 1. The second-order valence-corrected chi connectivity index (χ2v) is 8.31. The molecule has 1 aromatic heterocycles. The van der Waals surface area contributed by atoms with E-state index in [2.05, 4.69) is 10.3 Å². The number of hydrogen-bond acceptors (Lipinski definition) is 6. The van der Waals surface area contributed by atoms with Crippen molar-refractivity contribution in [3.63, 3.8) is 0 Å². The van der Waals surface area contributed by atoms with E-state index in [0.29, 0.717) is 0 Å². The van der Waals surface area contributed by atoms with Crippen molar-refractivity contribution in [3.05, 3.63) is 111 Å². The van der Waals surface area contributed by atoms with Crippen LogP contribution in [0.25, 0.3) is 10.9 Å². The van der Waals surface area contributed by atoms with E-state index in [4.69, 9.17) is 16.3 Å². The van der Waals surface area contributed by atoms with Crippen LogP contribution in [0.2, 0.25) is 5.02 Å². The second kappa shape index (κ2) is 10.8. The van der Waals surface area contributed by atoms with Gasteiger partial charge in [0.05, 0.1) is 15.5 Å². The first kappa shape index (κ1) is 24.6. The number of nitro groups is 1. The molecule has 4 aromatic rings. The van der Waals surface area contributed by atoms with Crippen LogP contribution in [0, 0.1) is 10.1 Å². The number of ether oxygens (including phenoxy) is 1. The number of aromatic nitrogens is 1. The first-order valence-electron chi connectivity index (χ1n) is 10.9. The highest BCUT2D eigenvalue weighted by atomic mass is 35.5. The lowest BCUT2D eigenvalue weighted by molar-refractivity contribution is -0.384. The third-order valence-corrected chi connectivity index (χ3v) is 5.88. The average Bonchev–Trinajstić information content (AvgIpc) is 3.29. The quantitative estimate of drug-likeness (QED) is 0.149. The van der Waals surface area contributed by atoms with Gasteiger partial charge >= 0.3 is 5.97 Å². The molecule has 3 aromatic carbocycles. The number of H-pyrrole nitrogens is 1. The summed E-state index contributed by atoms with van der Waals surface area (Å²) < 4.78 is 5.25. The van der Waals surface area contributed by atoms with E-state index in [1.807, 2.05) is 24.3 Å². The lowest BCUT2D eigenvalue weighted by Crippen LogP contribution is -2.44. The van der Waals surface area contributed by atoms with E-state index in [-0.39, 0.29) is 28.3 Å². The molecule has 1 amide bonds. The smallest absolute Gasteiger partial charge is 0.329 e. The molecule has 0 aliphatic heterocycles. The molecule has 2 N–H and O–H groups in total. The number of para-hydroxylation sites is 1. The Kier molecular flexibility index (Phi) is 7.41. The molecular weight excluding hydrogens is 486 g/mol. The van der Waals surface area contributed by atoms with E-state index in [9.17, 15) is 24.5 Å². The molecule has 0 spiro atoms. The molecule has 0 aliphatic rings. The first-order valence-corrected chi connectivity index (χ1v) is 11.3. The molecule has 182 valence electrons. The zero-order valence-electron chi connectivity index (χ0n) is 18.8. The minimum atomic E-state index is -1.11. The highest BCUT2D eigenvalue weighted by molar-refractivity contribution is 6.33. The van der Waals surface area contributed by atoms with Crippen LogP contribution in [-0.4, -0.2) is 40.2 Å². The maximum atomic E-state index is 13.0. The van der Waals surface area contributed by atoms with Gasteiger partial charge in [0.2, 0.25) is 0 Å². The van der Waals surface area contributed by atoms with Crippen LogP contribution in [0.1, 0.15) is 26.3 Å². The summed E-state index contributed by atoms with van der Waals surface area (Å²) in [4.78, 5) is 51.7. The van der Waals surface area contributed by atoms with Crippen LogP contribution >= 0.6 is 11.6 Å². The van der Waals surface area contributed by atoms with Gasteiger partial charge in [0.25, 0.3) is 11.6 Å². The molecular formula is C26H20ClN3O6. The fourth-order valence-corrected chi connectivity index (χ4v) is 3.91. The number of fused-ring (bicyclic) bond motifs is 1. The predicted octanol–water partition coefficient (Wildman–Crippen LogP) is 4.50. The van der Waals surface area contributed by atoms with Crippen LogP contribution in [-0.2, 0) is 16.0 Å². The van der Waals surface area contributed by atoms with E-state index in [1.165, 1.54) is 30.3 Å². The third-order valence-electron chi connectivity index (χ3n) is 5.55. The number of nitro benzene ring substituents is 1. The number of halogens is 1. The Bertz CT molecular complexity index is 1450. The zero-order valence-corrected chi connectivity index (χ0v) is 19.5. The van der Waals surface area contributed by atoms with Crippen LogP contribution in [0.5, 0.6) is 0 Å². The van der Waals surface area contributed by atoms with Gasteiger partial charge in [-0.2, -0.15) is 0 Å². The summed E-state index contributed by atoms with van der Waals surface area (Å²) in [5.74, 6) is -1.92. The van der Waals surface area contributed by atoms with Gasteiger partial charge < -0.3 is 15.0 Å². The number of hydrogen-bond donors (Lipinski definition) is 2. The van der Waals surface area contributed by atoms with Crippen molar-refractivity contribution in [1.82, 2.24) is 10.3 Å². The van der Waals surface area contributed by atoms with Gasteiger partial charge in [0, 0.05) is 41.2 Å². The second-order valence-electron chi connectivity index (χ2n) is 7.90. The summed E-state index contributed by atoms with van der Waals surface area (Å²) in [7, 11) is 0. The Morgan fingerprint density at radius 2 is 1.69 bits per heavy atom. The molecule has 10 heteroatoms. The molecule has 0 bridgehead atoms. The molecule has 0 radical (unpaired) electrons. The normalized spacial score (nSPS) is 11.6. The number of esters is 1. The summed E-state index contributed by atoms with van der Waals surface area (Å²) in [6.45, 7) is -0.594. The van der Waals surface area contributed by atoms with Crippen LogP contribution in [0.4, 0.5) is 5.69 Å². The van der Waals surface area contributed by atoms with E-state index >= 15 is 0 Å². The monoisotopic (exact) mass is 505 g/mol. The van der Waals surface area contributed by atoms with Crippen molar-refractivity contribution in [1.29, 1.82) is 0 Å². The first-order chi connectivity index (χ1) is 17.3. The number of amides is 1. The lowest BCUT2D eigenvalue weighted by Gasteiger charge is -2.18. The number of rotatable bonds is 9. The van der Waals surface area contributed by atoms with Gasteiger partial charge in [0.15, 0.2) is 12.4 Å². The van der Waals surface area contributed by atoms with Crippen molar-refractivity contribution in [2.45, 2.75) is 12.5 Å². The largest absolute Gasteiger partial charge is 0.456 e. The number of ketones is 1. The zero-order chi connectivity index (χ0) is 25.7. The number of carbonyl (C=O) groups excluding carboxylic acids is 3. The SMILES string of the molecule is O=C(COC(=O)[C@H](Cc1c[nH]c2ccccc12)NC(=O)c1ccccc1Cl)c1ccc([N+](=O)[O-])cc1. The van der Waals surface area contributed by atoms with E-state index in [1.54, 1.807) is 24.4 Å². The number of nitrogens with one attached hydrogen (secondary N) is 2. The summed E-state index contributed by atoms with van der Waals surface area (Å²) in [5.41, 5.74) is 1.82. The highest BCUT2D eigenvalue weighted by Gasteiger charge is 2.26. The number of carbonyl (C=O) groups is 3. The van der Waals surface area contributed by atoms with Gasteiger partial charge in [0.1, 0.15) is 6.04 Å². The molecule has 0 unspecified atom stereocenters. The average molecular weight is 506 g/mol. The maximum Gasteiger partial charge on any atom is 0.329 e. The minimum absolute atomic E-state index is 0.102. The van der Waals surface area contributed by atoms with Crippen molar-refractivity contribution in [2.75, 3.05) is 6.61 Å². The number of aromatic amines is 1. The van der Waals surface area contributed by atoms with Crippen LogP contribution in [0.3, 0.4) is 0 Å². The number of nitrogens with zero attached hydrogens (tertiary/aromatic N) is 1. The Balaban J connectivity index is 1.51. The predicted molar refractivity (Wildman–Crippen MR) is 133 cm³/mol. The Hall–Kier alpha value is -4.50. The topological polar surface area (TPSA) is 131 Å². The van der Waals surface area contributed by atoms with Gasteiger partial charge in [-0.1, -0.05) is 41.9 Å². The number of non-ortho nitro benzene ring substituents is 1. The van der Waals surface area contributed by atoms with Crippen LogP contribution in [0.15, 0.2) is 79.0 Å². The van der Waals surface area contributed by atoms with Crippen LogP contribution < -0.4 is 5.32 Å². The highest BCUT2D eigenvalue weighted by Crippen LogP contribution is 2.21. The Labute approximate surface area is 210 Å². The van der Waals surface area contributed by atoms with Gasteiger partial charge in [-0.3, -0.25) is 19.7 Å². The Morgan fingerprint density at radius 1 is 1.00 bits per heavy atom.